The zero-order chi connectivity index (χ0) is 16.8. The minimum atomic E-state index is 0.525. The van der Waals surface area contributed by atoms with E-state index < -0.39 is 0 Å². The molecule has 0 saturated heterocycles. The number of nitrogens with zero attached hydrogens (tertiary/aromatic N) is 2. The molecule has 0 radical (unpaired) electrons. The molecule has 2 aliphatic carbocycles. The molecule has 0 unspecified atom stereocenters. The molecule has 132 valence electrons. The maximum atomic E-state index is 5.69. The Morgan fingerprint density at radius 2 is 1.62 bits per heavy atom. The van der Waals surface area contributed by atoms with Gasteiger partial charge in [-0.15, -0.1) is 0 Å². The largest absolute Gasteiger partial charge is 0.384 e. The fourth-order valence-electron chi connectivity index (χ4n) is 4.34. The first-order valence-corrected chi connectivity index (χ1v) is 9.81. The Balaban J connectivity index is 1.53. The summed E-state index contributed by atoms with van der Waals surface area (Å²) in [6, 6.07) is 0. The molecule has 2 aliphatic rings. The number of ether oxygens (including phenoxy) is 1. The second kappa shape index (κ2) is 8.96. The fraction of sp³-hybridized carbons (Fsp3) is 0.700. The van der Waals surface area contributed by atoms with E-state index in [4.69, 9.17) is 26.3 Å². The van der Waals surface area contributed by atoms with Crippen LogP contribution < -0.4 is 0 Å². The van der Waals surface area contributed by atoms with E-state index in [1.165, 1.54) is 56.9 Å². The molecule has 0 atom stereocenters. The summed E-state index contributed by atoms with van der Waals surface area (Å²) in [6.45, 7) is 0.906. The quantitative estimate of drug-likeness (QED) is 0.712. The maximum absolute atomic E-state index is 5.69. The minimum absolute atomic E-state index is 0.525. The molecule has 0 spiro atoms. The highest BCUT2D eigenvalue weighted by molar-refractivity contribution is 6.25. The zero-order valence-corrected chi connectivity index (χ0v) is 15.4. The molecular formula is C20H29ClN2O. The Bertz CT molecular complexity index is 515. The first-order chi connectivity index (χ1) is 11.8. The Kier molecular flexibility index (Phi) is 6.67. The van der Waals surface area contributed by atoms with Crippen molar-refractivity contribution in [3.05, 3.63) is 35.4 Å². The van der Waals surface area contributed by atoms with E-state index >= 15 is 0 Å². The molecule has 0 N–H and O–H groups in total. The number of allylic oxidation sites excluding steroid dienone is 1. The molecule has 2 saturated carbocycles. The van der Waals surface area contributed by atoms with Crippen molar-refractivity contribution in [2.24, 2.45) is 11.8 Å². The van der Waals surface area contributed by atoms with Crippen LogP contribution >= 0.6 is 11.6 Å². The van der Waals surface area contributed by atoms with Crippen LogP contribution in [0.25, 0.3) is 0 Å². The summed E-state index contributed by atoms with van der Waals surface area (Å²) in [7, 11) is 1.80. The van der Waals surface area contributed by atoms with E-state index in [9.17, 15) is 0 Å². The number of halogens is 1. The Labute approximate surface area is 150 Å². The Morgan fingerprint density at radius 1 is 1.00 bits per heavy atom. The van der Waals surface area contributed by atoms with Crippen molar-refractivity contribution in [1.29, 1.82) is 0 Å². The molecule has 0 aliphatic heterocycles. The van der Waals surface area contributed by atoms with Gasteiger partial charge in [0.2, 0.25) is 0 Å². The molecule has 2 fully saturated rings. The predicted octanol–water partition coefficient (Wildman–Crippen LogP) is 5.42. The van der Waals surface area contributed by atoms with Gasteiger partial charge < -0.3 is 4.74 Å². The van der Waals surface area contributed by atoms with Gasteiger partial charge in [0, 0.05) is 37.6 Å². The second-order valence-electron chi connectivity index (χ2n) is 7.48. The van der Waals surface area contributed by atoms with E-state index in [1.807, 2.05) is 0 Å². The SMILES string of the molecule is COC[C@H]1CC[C@H](c2cnc([C@H]3CC[C@H](/C=C/Cl)CC3)nc2)CC1. The average Bonchev–Trinajstić information content (AvgIpc) is 2.64. The summed E-state index contributed by atoms with van der Waals surface area (Å²) < 4.78 is 5.29. The minimum Gasteiger partial charge on any atom is -0.384 e. The lowest BCUT2D eigenvalue weighted by Gasteiger charge is -2.28. The van der Waals surface area contributed by atoms with Crippen LogP contribution in [0.2, 0.25) is 0 Å². The monoisotopic (exact) mass is 348 g/mol. The van der Waals surface area contributed by atoms with Crippen molar-refractivity contribution >= 4 is 11.6 Å². The van der Waals surface area contributed by atoms with Crippen molar-refractivity contribution in [3.63, 3.8) is 0 Å². The summed E-state index contributed by atoms with van der Waals surface area (Å²) in [4.78, 5) is 9.45. The fourth-order valence-corrected chi connectivity index (χ4v) is 4.55. The van der Waals surface area contributed by atoms with Crippen LogP contribution in [-0.2, 0) is 4.74 Å². The van der Waals surface area contributed by atoms with Gasteiger partial charge in [-0.05, 0) is 74.7 Å². The van der Waals surface area contributed by atoms with E-state index in [-0.39, 0.29) is 0 Å². The molecule has 4 heteroatoms. The lowest BCUT2D eigenvalue weighted by Crippen LogP contribution is -2.18. The normalized spacial score (nSPS) is 31.4. The summed E-state index contributed by atoms with van der Waals surface area (Å²) in [5, 5.41) is 0. The first-order valence-electron chi connectivity index (χ1n) is 9.37. The Hall–Kier alpha value is -0.930. The average molecular weight is 349 g/mol. The number of methoxy groups -OCH3 is 1. The zero-order valence-electron chi connectivity index (χ0n) is 14.7. The lowest BCUT2D eigenvalue weighted by atomic mass is 9.79. The molecular weight excluding hydrogens is 320 g/mol. The van der Waals surface area contributed by atoms with Crippen molar-refractivity contribution in [3.8, 4) is 0 Å². The van der Waals surface area contributed by atoms with Crippen molar-refractivity contribution in [1.82, 2.24) is 9.97 Å². The lowest BCUT2D eigenvalue weighted by molar-refractivity contribution is 0.127. The van der Waals surface area contributed by atoms with Crippen LogP contribution in [0, 0.1) is 11.8 Å². The number of aromatic nitrogens is 2. The van der Waals surface area contributed by atoms with Gasteiger partial charge in [-0.2, -0.15) is 0 Å². The molecule has 1 heterocycles. The predicted molar refractivity (Wildman–Crippen MR) is 98.3 cm³/mol. The highest BCUT2D eigenvalue weighted by atomic mass is 35.5. The third-order valence-electron chi connectivity index (χ3n) is 5.89. The highest BCUT2D eigenvalue weighted by Crippen LogP contribution is 2.37. The molecule has 1 aromatic heterocycles. The number of hydrogen-bond donors (Lipinski definition) is 0. The van der Waals surface area contributed by atoms with Crippen LogP contribution in [0.15, 0.2) is 24.0 Å². The van der Waals surface area contributed by atoms with Gasteiger partial charge in [-0.3, -0.25) is 0 Å². The van der Waals surface area contributed by atoms with Gasteiger partial charge in [0.05, 0.1) is 0 Å². The van der Waals surface area contributed by atoms with Gasteiger partial charge in [0.25, 0.3) is 0 Å². The van der Waals surface area contributed by atoms with E-state index in [0.29, 0.717) is 17.8 Å². The van der Waals surface area contributed by atoms with Crippen LogP contribution in [0.1, 0.15) is 74.6 Å². The topological polar surface area (TPSA) is 35.0 Å². The van der Waals surface area contributed by atoms with Crippen molar-refractivity contribution in [2.45, 2.75) is 63.2 Å². The van der Waals surface area contributed by atoms with E-state index in [2.05, 4.69) is 18.5 Å². The van der Waals surface area contributed by atoms with Crippen LogP contribution in [0.5, 0.6) is 0 Å². The number of hydrogen-bond acceptors (Lipinski definition) is 3. The maximum Gasteiger partial charge on any atom is 0.131 e. The summed E-state index contributed by atoms with van der Waals surface area (Å²) in [5.41, 5.74) is 2.99. The summed E-state index contributed by atoms with van der Waals surface area (Å²) in [6.07, 6.45) is 16.1. The molecule has 3 nitrogen and oxygen atoms in total. The number of rotatable bonds is 5. The van der Waals surface area contributed by atoms with Crippen LogP contribution in [-0.4, -0.2) is 23.7 Å². The van der Waals surface area contributed by atoms with Gasteiger partial charge >= 0.3 is 0 Å². The molecule has 0 bridgehead atoms. The Morgan fingerprint density at radius 3 is 2.21 bits per heavy atom. The van der Waals surface area contributed by atoms with Gasteiger partial charge in [-0.1, -0.05) is 17.7 Å². The molecule has 0 aromatic carbocycles. The van der Waals surface area contributed by atoms with Crippen LogP contribution in [0.3, 0.4) is 0 Å². The third kappa shape index (κ3) is 4.58. The highest BCUT2D eigenvalue weighted by Gasteiger charge is 2.25. The summed E-state index contributed by atoms with van der Waals surface area (Å²) in [5.74, 6) is 3.58. The first kappa shape index (κ1) is 17.9. The van der Waals surface area contributed by atoms with Gasteiger partial charge in [-0.25, -0.2) is 9.97 Å². The molecule has 0 amide bonds. The van der Waals surface area contributed by atoms with Crippen LogP contribution in [0.4, 0.5) is 0 Å². The van der Waals surface area contributed by atoms with Gasteiger partial charge in [0.1, 0.15) is 5.82 Å². The van der Waals surface area contributed by atoms with Crippen molar-refractivity contribution in [2.75, 3.05) is 13.7 Å². The summed E-state index contributed by atoms with van der Waals surface area (Å²) >= 11 is 5.69. The molecule has 24 heavy (non-hydrogen) atoms. The molecule has 1 aromatic rings. The van der Waals surface area contributed by atoms with Gasteiger partial charge in [0.15, 0.2) is 0 Å². The second-order valence-corrected chi connectivity index (χ2v) is 7.73. The van der Waals surface area contributed by atoms with Crippen molar-refractivity contribution < 1.29 is 4.74 Å². The standard InChI is InChI=1S/C20H29ClN2O/c1-24-14-16-4-6-17(7-5-16)19-12-22-20(23-13-19)18-8-2-15(3-9-18)10-11-21/h10-13,15-18H,2-9,14H2,1H3/b11-10+/t15-,16-,17-,18-. The smallest absolute Gasteiger partial charge is 0.131 e. The van der Waals surface area contributed by atoms with E-state index in [1.54, 1.807) is 12.6 Å². The third-order valence-corrected chi connectivity index (χ3v) is 6.04. The van der Waals surface area contributed by atoms with E-state index in [0.717, 1.165) is 18.3 Å². The molecule has 3 rings (SSSR count).